The maximum atomic E-state index is 13.0. The van der Waals surface area contributed by atoms with Crippen LogP contribution in [0.5, 0.6) is 0 Å². The molecule has 1 aromatic carbocycles. The van der Waals surface area contributed by atoms with Crippen LogP contribution in [0.3, 0.4) is 0 Å². The second kappa shape index (κ2) is 7.55. The number of rotatable bonds is 3. The molecule has 0 bridgehead atoms. The first kappa shape index (κ1) is 17.4. The van der Waals surface area contributed by atoms with Crippen LogP contribution in [0.15, 0.2) is 24.3 Å². The van der Waals surface area contributed by atoms with Gasteiger partial charge in [-0.3, -0.25) is 14.5 Å². The van der Waals surface area contributed by atoms with E-state index < -0.39 is 0 Å². The van der Waals surface area contributed by atoms with Crippen molar-refractivity contribution in [1.29, 1.82) is 0 Å². The van der Waals surface area contributed by atoms with Gasteiger partial charge < -0.3 is 9.80 Å². The molecule has 1 saturated heterocycles. The lowest BCUT2D eigenvalue weighted by Crippen LogP contribution is -2.41. The molecule has 1 aliphatic heterocycles. The Balaban J connectivity index is 2.11. The van der Waals surface area contributed by atoms with Crippen LogP contribution in [0.4, 0.5) is 4.39 Å². The normalized spacial score (nSPS) is 19.3. The molecule has 2 rings (SSSR count). The van der Waals surface area contributed by atoms with Crippen molar-refractivity contribution in [3.05, 3.63) is 35.6 Å². The molecule has 1 aliphatic rings. The van der Waals surface area contributed by atoms with Crippen molar-refractivity contribution in [1.82, 2.24) is 14.7 Å². The molecule has 1 aromatic rings. The Morgan fingerprint density at radius 2 is 1.83 bits per heavy atom. The summed E-state index contributed by atoms with van der Waals surface area (Å²) in [4.78, 5) is 29.6. The summed E-state index contributed by atoms with van der Waals surface area (Å²) in [6, 6.07) is 6.40. The van der Waals surface area contributed by atoms with Crippen LogP contribution in [-0.2, 0) is 16.1 Å². The van der Waals surface area contributed by atoms with Crippen molar-refractivity contribution < 1.29 is 14.0 Å². The summed E-state index contributed by atoms with van der Waals surface area (Å²) < 4.78 is 13.0. The Morgan fingerprint density at radius 1 is 1.17 bits per heavy atom. The molecule has 0 aromatic heterocycles. The third-order valence-electron chi connectivity index (χ3n) is 4.16. The van der Waals surface area contributed by atoms with E-state index in [4.69, 9.17) is 0 Å². The van der Waals surface area contributed by atoms with Crippen molar-refractivity contribution in [2.24, 2.45) is 5.92 Å². The predicted molar refractivity (Wildman–Crippen MR) is 86.1 cm³/mol. The average Bonchev–Trinajstić information content (AvgIpc) is 2.71. The Morgan fingerprint density at radius 3 is 2.39 bits per heavy atom. The van der Waals surface area contributed by atoms with E-state index in [1.165, 1.54) is 19.1 Å². The minimum atomic E-state index is -0.256. The quantitative estimate of drug-likeness (QED) is 0.840. The van der Waals surface area contributed by atoms with Gasteiger partial charge in [-0.25, -0.2) is 4.39 Å². The first-order chi connectivity index (χ1) is 10.9. The average molecular weight is 321 g/mol. The molecule has 6 heteroatoms. The number of carbonyl (C=O) groups excluding carboxylic acids is 2. The van der Waals surface area contributed by atoms with Crippen LogP contribution in [0, 0.1) is 11.7 Å². The fraction of sp³-hybridized carbons (Fsp3) is 0.529. The molecule has 5 nitrogen and oxygen atoms in total. The summed E-state index contributed by atoms with van der Waals surface area (Å²) in [5, 5.41) is 0. The zero-order valence-corrected chi connectivity index (χ0v) is 14.0. The van der Waals surface area contributed by atoms with E-state index >= 15 is 0 Å². The molecule has 0 aliphatic carbocycles. The van der Waals surface area contributed by atoms with E-state index in [2.05, 4.69) is 4.90 Å². The largest absolute Gasteiger partial charge is 0.348 e. The van der Waals surface area contributed by atoms with E-state index in [-0.39, 0.29) is 23.5 Å². The lowest BCUT2D eigenvalue weighted by Gasteiger charge is -2.25. The monoisotopic (exact) mass is 321 g/mol. The minimum Gasteiger partial charge on any atom is -0.348 e. The third-order valence-corrected chi connectivity index (χ3v) is 4.16. The van der Waals surface area contributed by atoms with Gasteiger partial charge in [0.05, 0.1) is 5.92 Å². The van der Waals surface area contributed by atoms with E-state index in [1.54, 1.807) is 36.0 Å². The zero-order valence-electron chi connectivity index (χ0n) is 14.0. The molecular formula is C17H24FN3O2. The van der Waals surface area contributed by atoms with Gasteiger partial charge in [-0.2, -0.15) is 0 Å². The number of carbonyl (C=O) groups is 2. The van der Waals surface area contributed by atoms with E-state index in [1.807, 2.05) is 0 Å². The molecule has 1 fully saturated rings. The lowest BCUT2D eigenvalue weighted by atomic mass is 10.1. The summed E-state index contributed by atoms with van der Waals surface area (Å²) in [6.45, 7) is 4.53. The molecule has 0 N–H and O–H groups in total. The molecule has 0 saturated carbocycles. The third kappa shape index (κ3) is 4.76. The zero-order chi connectivity index (χ0) is 17.0. The SMILES string of the molecule is CC(=O)N1CCN(Cc2ccc(F)cc2)C[C@H](C(=O)N(C)C)C1. The van der Waals surface area contributed by atoms with Crippen molar-refractivity contribution in [2.45, 2.75) is 13.5 Å². The second-order valence-electron chi connectivity index (χ2n) is 6.26. The van der Waals surface area contributed by atoms with E-state index in [0.717, 1.165) is 5.56 Å². The number of hydrogen-bond acceptors (Lipinski definition) is 3. The molecule has 1 atom stereocenters. The number of benzene rings is 1. The van der Waals surface area contributed by atoms with Crippen LogP contribution in [0.25, 0.3) is 0 Å². The van der Waals surface area contributed by atoms with Crippen molar-refractivity contribution in [3.63, 3.8) is 0 Å². The summed E-state index contributed by atoms with van der Waals surface area (Å²) in [7, 11) is 3.46. The van der Waals surface area contributed by atoms with Crippen LogP contribution in [0.1, 0.15) is 12.5 Å². The Bertz CT molecular complexity index is 559. The molecule has 126 valence electrons. The molecular weight excluding hydrogens is 297 g/mol. The van der Waals surface area contributed by atoms with Gasteiger partial charge in [0.15, 0.2) is 0 Å². The van der Waals surface area contributed by atoms with Gasteiger partial charge in [-0.05, 0) is 17.7 Å². The van der Waals surface area contributed by atoms with Gasteiger partial charge >= 0.3 is 0 Å². The molecule has 0 radical (unpaired) electrons. The first-order valence-corrected chi connectivity index (χ1v) is 7.80. The molecule has 2 amide bonds. The number of hydrogen-bond donors (Lipinski definition) is 0. The summed E-state index contributed by atoms with van der Waals surface area (Å²) >= 11 is 0. The van der Waals surface area contributed by atoms with Gasteiger partial charge in [0.1, 0.15) is 5.82 Å². The van der Waals surface area contributed by atoms with Crippen LogP contribution < -0.4 is 0 Å². The highest BCUT2D eigenvalue weighted by Gasteiger charge is 2.29. The highest BCUT2D eigenvalue weighted by molar-refractivity contribution is 5.80. The highest BCUT2D eigenvalue weighted by Crippen LogP contribution is 2.15. The standard InChI is InChI=1S/C17H24FN3O2/c1-13(22)21-9-8-20(10-14-4-6-16(18)7-5-14)11-15(12-21)17(23)19(2)3/h4-7,15H,8-12H2,1-3H3/t15-/m0/s1. The van der Waals surface area contributed by atoms with Gasteiger partial charge in [0.2, 0.25) is 11.8 Å². The maximum Gasteiger partial charge on any atom is 0.228 e. The fourth-order valence-corrected chi connectivity index (χ4v) is 2.88. The lowest BCUT2D eigenvalue weighted by molar-refractivity contribution is -0.135. The van der Waals surface area contributed by atoms with E-state index in [0.29, 0.717) is 32.7 Å². The number of halogens is 1. The Hall–Kier alpha value is -1.95. The minimum absolute atomic E-state index is 0.00908. The van der Waals surface area contributed by atoms with Gasteiger partial charge in [-0.15, -0.1) is 0 Å². The van der Waals surface area contributed by atoms with Crippen LogP contribution in [0.2, 0.25) is 0 Å². The van der Waals surface area contributed by atoms with Crippen molar-refractivity contribution >= 4 is 11.8 Å². The maximum absolute atomic E-state index is 13.0. The van der Waals surface area contributed by atoms with Gasteiger partial charge in [0, 0.05) is 53.7 Å². The van der Waals surface area contributed by atoms with Crippen molar-refractivity contribution in [3.8, 4) is 0 Å². The molecule has 0 spiro atoms. The molecule has 0 unspecified atom stereocenters. The summed E-state index contributed by atoms with van der Waals surface area (Å²) in [5.41, 5.74) is 0.999. The Kier molecular flexibility index (Phi) is 5.71. The van der Waals surface area contributed by atoms with E-state index in [9.17, 15) is 14.0 Å². The van der Waals surface area contributed by atoms with Gasteiger partial charge in [0.25, 0.3) is 0 Å². The van der Waals surface area contributed by atoms with Crippen LogP contribution >= 0.6 is 0 Å². The first-order valence-electron chi connectivity index (χ1n) is 7.80. The second-order valence-corrected chi connectivity index (χ2v) is 6.26. The molecule has 1 heterocycles. The van der Waals surface area contributed by atoms with Gasteiger partial charge in [-0.1, -0.05) is 12.1 Å². The molecule has 23 heavy (non-hydrogen) atoms. The predicted octanol–water partition coefficient (Wildman–Crippen LogP) is 1.19. The smallest absolute Gasteiger partial charge is 0.228 e. The van der Waals surface area contributed by atoms with Crippen LogP contribution in [-0.4, -0.2) is 66.8 Å². The number of amides is 2. The fourth-order valence-electron chi connectivity index (χ4n) is 2.88. The summed E-state index contributed by atoms with van der Waals surface area (Å²) in [5.74, 6) is -0.475. The highest BCUT2D eigenvalue weighted by atomic mass is 19.1. The topological polar surface area (TPSA) is 43.9 Å². The summed E-state index contributed by atoms with van der Waals surface area (Å²) in [6.07, 6.45) is 0. The van der Waals surface area contributed by atoms with Crippen molar-refractivity contribution in [2.75, 3.05) is 40.3 Å². The number of nitrogens with zero attached hydrogens (tertiary/aromatic N) is 3. The Labute approximate surface area is 136 Å².